The summed E-state index contributed by atoms with van der Waals surface area (Å²) in [5.74, 6) is 0.179. The Morgan fingerprint density at radius 2 is 1.31 bits per heavy atom. The molecule has 0 saturated carbocycles. The van der Waals surface area contributed by atoms with Crippen LogP contribution in [0.25, 0.3) is 72.0 Å². The second-order valence-corrected chi connectivity index (χ2v) is 13.2. The van der Waals surface area contributed by atoms with Gasteiger partial charge >= 0.3 is 0 Å². The Balaban J connectivity index is 1.11. The number of allylic oxidation sites excluding steroid dienone is 2. The quantitative estimate of drug-likeness (QED) is 0.195. The van der Waals surface area contributed by atoms with E-state index in [1.54, 1.807) is 0 Å². The Bertz CT molecular complexity index is 2780. The van der Waals surface area contributed by atoms with Crippen molar-refractivity contribution >= 4 is 72.0 Å². The molecule has 0 fully saturated rings. The molecule has 8 aromatic rings. The fourth-order valence-electron chi connectivity index (χ4n) is 8.30. The fraction of sp³-hybridized carbons (Fsp3) is 0.0870. The number of para-hydroxylation sites is 1. The lowest BCUT2D eigenvalue weighted by Crippen LogP contribution is -2.31. The molecule has 228 valence electrons. The van der Waals surface area contributed by atoms with Crippen LogP contribution in [-0.2, 0) is 0 Å². The number of benzene rings is 7. The first kappa shape index (κ1) is 27.3. The minimum atomic E-state index is 0.106. The van der Waals surface area contributed by atoms with Gasteiger partial charge < -0.3 is 9.88 Å². The van der Waals surface area contributed by atoms with Gasteiger partial charge in [-0.3, -0.25) is 0 Å². The van der Waals surface area contributed by atoms with Crippen LogP contribution in [0.5, 0.6) is 0 Å². The summed E-state index contributed by atoms with van der Waals surface area (Å²) < 4.78 is 2.41. The maximum Gasteiger partial charge on any atom is 0.0551 e. The highest BCUT2D eigenvalue weighted by atomic mass is 15.0. The normalized spacial score (nSPS) is 17.2. The van der Waals surface area contributed by atoms with Crippen LogP contribution in [0, 0.1) is 0 Å². The number of rotatable bonds is 4. The molecule has 10 rings (SSSR count). The smallest absolute Gasteiger partial charge is 0.0551 e. The molecule has 0 amide bonds. The van der Waals surface area contributed by atoms with Gasteiger partial charge in [0.2, 0.25) is 0 Å². The van der Waals surface area contributed by atoms with Crippen molar-refractivity contribution in [3.05, 3.63) is 168 Å². The number of anilines is 1. The minimum absolute atomic E-state index is 0.106. The zero-order chi connectivity index (χ0) is 31.6. The predicted molar refractivity (Wildman–Crippen MR) is 206 cm³/mol. The van der Waals surface area contributed by atoms with Gasteiger partial charge in [0.1, 0.15) is 0 Å². The molecule has 2 aliphatic rings. The standard InChI is InChI=1S/C46H34N2/c1-2-13-32-27-35(24-21-30(32)11-1)48-44-20-10-8-18-39(44)41-29-34(23-26-45(41)48)47-43-19-9-7-17-38(43)42-28-33-14-4-5-15-36(33)40-25-22-31-12-3-6-16-37(31)46(40)42/h1-2,4-5,7-29,38,43,47H,3,6H2. The van der Waals surface area contributed by atoms with Crippen molar-refractivity contribution in [1.82, 2.24) is 4.57 Å². The molecule has 2 aliphatic carbocycles. The lowest BCUT2D eigenvalue weighted by molar-refractivity contribution is 0.762. The molecular formula is C46H34N2. The van der Waals surface area contributed by atoms with E-state index in [0.717, 1.165) is 18.5 Å². The van der Waals surface area contributed by atoms with E-state index in [1.807, 2.05) is 0 Å². The Kier molecular flexibility index (Phi) is 6.17. The zero-order valence-electron chi connectivity index (χ0n) is 26.6. The molecule has 0 spiro atoms. The molecule has 2 heteroatoms. The van der Waals surface area contributed by atoms with Gasteiger partial charge in [-0.15, -0.1) is 0 Å². The van der Waals surface area contributed by atoms with Crippen molar-refractivity contribution < 1.29 is 0 Å². The van der Waals surface area contributed by atoms with Crippen LogP contribution < -0.4 is 15.8 Å². The van der Waals surface area contributed by atoms with E-state index in [9.17, 15) is 0 Å². The van der Waals surface area contributed by atoms with Gasteiger partial charge in [-0.25, -0.2) is 0 Å². The van der Waals surface area contributed by atoms with Gasteiger partial charge in [-0.2, -0.15) is 0 Å². The van der Waals surface area contributed by atoms with E-state index < -0.39 is 0 Å². The van der Waals surface area contributed by atoms with Crippen LogP contribution in [0.2, 0.25) is 0 Å². The number of fused-ring (bicyclic) bond motifs is 9. The van der Waals surface area contributed by atoms with Gasteiger partial charge in [0.05, 0.1) is 17.1 Å². The summed E-state index contributed by atoms with van der Waals surface area (Å²) >= 11 is 0. The van der Waals surface area contributed by atoms with Crippen LogP contribution in [-0.4, -0.2) is 10.6 Å². The molecule has 0 saturated heterocycles. The molecule has 7 aromatic carbocycles. The van der Waals surface area contributed by atoms with Crippen molar-refractivity contribution in [3.8, 4) is 5.69 Å². The second kappa shape index (κ2) is 10.9. The van der Waals surface area contributed by atoms with Crippen LogP contribution in [0.15, 0.2) is 152 Å². The molecule has 2 unspecified atom stereocenters. The first-order valence-corrected chi connectivity index (χ1v) is 17.1. The van der Waals surface area contributed by atoms with Crippen LogP contribution in [0.3, 0.4) is 0 Å². The Hall–Kier alpha value is -5.86. The van der Waals surface area contributed by atoms with Gasteiger partial charge in [0, 0.05) is 28.1 Å². The highest BCUT2D eigenvalue weighted by Gasteiger charge is 2.25. The average molecular weight is 615 g/mol. The van der Waals surface area contributed by atoms with E-state index in [0.29, 0.717) is 0 Å². The van der Waals surface area contributed by atoms with Crippen molar-refractivity contribution in [2.75, 3.05) is 5.32 Å². The molecular weight excluding hydrogens is 581 g/mol. The number of nitrogens with zero attached hydrogens (tertiary/aromatic N) is 1. The molecule has 1 aromatic heterocycles. The predicted octanol–water partition coefficient (Wildman–Crippen LogP) is 10.3. The zero-order valence-corrected chi connectivity index (χ0v) is 26.6. The van der Waals surface area contributed by atoms with Crippen LogP contribution >= 0.6 is 0 Å². The van der Waals surface area contributed by atoms with Crippen molar-refractivity contribution in [3.63, 3.8) is 0 Å². The summed E-state index contributed by atoms with van der Waals surface area (Å²) in [7, 11) is 0. The summed E-state index contributed by atoms with van der Waals surface area (Å²) in [5, 5.41) is 17.1. The van der Waals surface area contributed by atoms with Gasteiger partial charge in [-0.05, 0) is 104 Å². The first-order chi connectivity index (χ1) is 23.8. The molecule has 2 atom stereocenters. The van der Waals surface area contributed by atoms with Crippen LogP contribution in [0.4, 0.5) is 5.69 Å². The summed E-state index contributed by atoms with van der Waals surface area (Å²) in [4.78, 5) is 0. The molecule has 0 bridgehead atoms. The molecule has 48 heavy (non-hydrogen) atoms. The summed E-state index contributed by atoms with van der Waals surface area (Å²) in [6, 6.07) is 47.1. The van der Waals surface area contributed by atoms with E-state index >= 15 is 0 Å². The number of hydrogen-bond donors (Lipinski definition) is 1. The second-order valence-electron chi connectivity index (χ2n) is 13.2. The summed E-state index contributed by atoms with van der Waals surface area (Å²) in [6.45, 7) is 0. The third kappa shape index (κ3) is 4.26. The Morgan fingerprint density at radius 3 is 2.25 bits per heavy atom. The van der Waals surface area contributed by atoms with Crippen molar-refractivity contribution in [1.29, 1.82) is 0 Å². The number of aromatic nitrogens is 1. The highest BCUT2D eigenvalue weighted by Crippen LogP contribution is 2.38. The molecule has 1 N–H and O–H groups in total. The van der Waals surface area contributed by atoms with Crippen LogP contribution in [0.1, 0.15) is 24.3 Å². The fourth-order valence-corrected chi connectivity index (χ4v) is 8.30. The average Bonchev–Trinajstić information content (AvgIpc) is 3.48. The van der Waals surface area contributed by atoms with E-state index in [1.165, 1.54) is 75.8 Å². The Morgan fingerprint density at radius 1 is 0.542 bits per heavy atom. The minimum Gasteiger partial charge on any atom is -0.378 e. The number of hydrogen-bond acceptors (Lipinski definition) is 1. The third-order valence-corrected chi connectivity index (χ3v) is 10.5. The molecule has 0 aliphatic heterocycles. The Labute approximate surface area is 279 Å². The topological polar surface area (TPSA) is 17.0 Å². The van der Waals surface area contributed by atoms with Gasteiger partial charge in [0.15, 0.2) is 0 Å². The van der Waals surface area contributed by atoms with E-state index in [4.69, 9.17) is 0 Å². The molecule has 1 heterocycles. The lowest BCUT2D eigenvalue weighted by Gasteiger charge is -2.28. The number of nitrogens with one attached hydrogen (secondary N) is 1. The van der Waals surface area contributed by atoms with E-state index in [2.05, 4.69) is 174 Å². The summed E-state index contributed by atoms with van der Waals surface area (Å²) in [6.07, 6.45) is 16.2. The monoisotopic (exact) mass is 614 g/mol. The molecule has 2 nitrogen and oxygen atoms in total. The van der Waals surface area contributed by atoms with Crippen molar-refractivity contribution in [2.45, 2.75) is 24.8 Å². The SMILES string of the molecule is C1=CC(Nc2ccc3c(c2)c2ccccc2n3-c2ccc3ccccc3c2)C(c2cc3ccccc3c3ccc4c(c23)=CCCC=4)C=C1. The summed E-state index contributed by atoms with van der Waals surface area (Å²) in [5.41, 5.74) is 6.14. The van der Waals surface area contributed by atoms with Crippen molar-refractivity contribution in [2.24, 2.45) is 0 Å². The van der Waals surface area contributed by atoms with Gasteiger partial charge in [-0.1, -0.05) is 121 Å². The lowest BCUT2D eigenvalue weighted by atomic mass is 9.82. The largest absolute Gasteiger partial charge is 0.378 e. The maximum absolute atomic E-state index is 3.99. The molecule has 0 radical (unpaired) electrons. The highest BCUT2D eigenvalue weighted by molar-refractivity contribution is 6.11. The first-order valence-electron chi connectivity index (χ1n) is 17.1. The maximum atomic E-state index is 3.99. The third-order valence-electron chi connectivity index (χ3n) is 10.5. The van der Waals surface area contributed by atoms with Gasteiger partial charge in [0.25, 0.3) is 0 Å². The van der Waals surface area contributed by atoms with E-state index in [-0.39, 0.29) is 12.0 Å².